The molecule has 0 radical (unpaired) electrons. The van der Waals surface area contributed by atoms with E-state index < -0.39 is 0 Å². The lowest BCUT2D eigenvalue weighted by Crippen LogP contribution is -2.41. The summed E-state index contributed by atoms with van der Waals surface area (Å²) >= 11 is 0. The molecule has 8 nitrogen and oxygen atoms in total. The second-order valence-electron chi connectivity index (χ2n) is 6.95. The molecule has 3 heterocycles. The molecule has 0 amide bonds. The minimum Gasteiger partial charge on any atom is -0.496 e. The van der Waals surface area contributed by atoms with Crippen molar-refractivity contribution in [3.05, 3.63) is 70.3 Å². The summed E-state index contributed by atoms with van der Waals surface area (Å²) in [6.45, 7) is 1.53. The van der Waals surface area contributed by atoms with Crippen LogP contribution in [0.5, 0.6) is 5.75 Å². The summed E-state index contributed by atoms with van der Waals surface area (Å²) in [4.78, 5) is 23.4. The largest absolute Gasteiger partial charge is 0.496 e. The number of nitrogens with zero attached hydrogens (tertiary/aromatic N) is 5. The van der Waals surface area contributed by atoms with E-state index in [-0.39, 0.29) is 11.7 Å². The summed E-state index contributed by atoms with van der Waals surface area (Å²) in [6, 6.07) is 12.6. The number of pyridine rings is 1. The van der Waals surface area contributed by atoms with Gasteiger partial charge in [0.1, 0.15) is 11.9 Å². The predicted octanol–water partition coefficient (Wildman–Crippen LogP) is 2.30. The fourth-order valence-corrected chi connectivity index (χ4v) is 3.56. The number of aromatic nitrogens is 3. The molecule has 1 aromatic carbocycles. The van der Waals surface area contributed by atoms with Crippen LogP contribution in [0, 0.1) is 11.3 Å². The van der Waals surface area contributed by atoms with Gasteiger partial charge in [-0.1, -0.05) is 0 Å². The molecule has 8 heteroatoms. The van der Waals surface area contributed by atoms with Crippen molar-refractivity contribution in [2.24, 2.45) is 7.05 Å². The Bertz CT molecular complexity index is 1150. The molecule has 4 rings (SSSR count). The Morgan fingerprint density at radius 1 is 1.23 bits per heavy atom. The van der Waals surface area contributed by atoms with Crippen LogP contribution in [0.15, 0.2) is 53.6 Å². The first kappa shape index (κ1) is 19.6. The summed E-state index contributed by atoms with van der Waals surface area (Å²) in [5.74, 6) is 1.23. The van der Waals surface area contributed by atoms with Crippen LogP contribution >= 0.6 is 0 Å². The third-order valence-electron chi connectivity index (χ3n) is 5.14. The molecular formula is C22H21N5O3. The summed E-state index contributed by atoms with van der Waals surface area (Å²) in [5.41, 5.74) is 2.63. The van der Waals surface area contributed by atoms with Crippen molar-refractivity contribution in [3.63, 3.8) is 0 Å². The number of methoxy groups -OCH3 is 1. The van der Waals surface area contributed by atoms with Crippen LogP contribution in [0.4, 0.5) is 5.95 Å². The number of benzene rings is 1. The highest BCUT2D eigenvalue weighted by atomic mass is 16.5. The van der Waals surface area contributed by atoms with Crippen molar-refractivity contribution in [1.29, 1.82) is 5.26 Å². The van der Waals surface area contributed by atoms with Crippen molar-refractivity contribution in [3.8, 4) is 23.1 Å². The van der Waals surface area contributed by atoms with Crippen LogP contribution in [-0.2, 0) is 11.8 Å². The van der Waals surface area contributed by atoms with Gasteiger partial charge in [0.05, 0.1) is 37.6 Å². The second kappa shape index (κ2) is 8.35. The van der Waals surface area contributed by atoms with Gasteiger partial charge >= 0.3 is 0 Å². The van der Waals surface area contributed by atoms with E-state index in [0.29, 0.717) is 42.7 Å². The van der Waals surface area contributed by atoms with Crippen molar-refractivity contribution >= 4 is 5.95 Å². The lowest BCUT2D eigenvalue weighted by molar-refractivity contribution is 0.0374. The molecule has 0 bridgehead atoms. The topological polar surface area (TPSA) is 93.3 Å². The molecule has 30 heavy (non-hydrogen) atoms. The van der Waals surface area contributed by atoms with Gasteiger partial charge in [-0.3, -0.25) is 14.3 Å². The molecule has 0 N–H and O–H groups in total. The molecule has 0 spiro atoms. The van der Waals surface area contributed by atoms with E-state index in [1.54, 1.807) is 44.8 Å². The number of nitriles is 1. The van der Waals surface area contributed by atoms with Crippen molar-refractivity contribution < 1.29 is 9.47 Å². The van der Waals surface area contributed by atoms with Crippen molar-refractivity contribution in [1.82, 2.24) is 14.5 Å². The van der Waals surface area contributed by atoms with Crippen LogP contribution in [-0.4, -0.2) is 41.3 Å². The van der Waals surface area contributed by atoms with Crippen molar-refractivity contribution in [2.45, 2.75) is 6.10 Å². The number of anilines is 1. The van der Waals surface area contributed by atoms with Gasteiger partial charge in [-0.15, -0.1) is 0 Å². The Labute approximate surface area is 174 Å². The first-order chi connectivity index (χ1) is 14.6. The minimum absolute atomic E-state index is 0.140. The third kappa shape index (κ3) is 3.75. The standard InChI is InChI=1S/C22H21N5O3/c1-26-21(28)12-18(16-5-7-24-8-6-16)25-22(26)27-9-10-30-20(14-27)17-11-15(13-23)3-4-19(17)29-2/h3-8,11-12,20H,9-10,14H2,1-2H3/t20-/m1/s1. The number of morpholine rings is 1. The van der Waals surface area contributed by atoms with E-state index >= 15 is 0 Å². The maximum atomic E-state index is 12.6. The first-order valence-corrected chi connectivity index (χ1v) is 9.53. The highest BCUT2D eigenvalue weighted by Crippen LogP contribution is 2.32. The molecule has 0 unspecified atom stereocenters. The molecular weight excluding hydrogens is 382 g/mol. The zero-order chi connectivity index (χ0) is 21.1. The maximum absolute atomic E-state index is 12.6. The zero-order valence-electron chi connectivity index (χ0n) is 16.8. The van der Waals surface area contributed by atoms with Gasteiger partial charge in [-0.2, -0.15) is 5.26 Å². The van der Waals surface area contributed by atoms with E-state index in [0.717, 1.165) is 11.1 Å². The second-order valence-corrected chi connectivity index (χ2v) is 6.95. The van der Waals surface area contributed by atoms with Gasteiger partial charge < -0.3 is 14.4 Å². The molecule has 3 aromatic rings. The normalized spacial score (nSPS) is 16.2. The van der Waals surface area contributed by atoms with Crippen molar-refractivity contribution in [2.75, 3.05) is 31.7 Å². The molecule has 1 saturated heterocycles. The molecule has 1 aliphatic rings. The summed E-state index contributed by atoms with van der Waals surface area (Å²) in [7, 11) is 3.30. The average Bonchev–Trinajstić information content (AvgIpc) is 2.81. The Hall–Kier alpha value is -3.70. The van der Waals surface area contributed by atoms with Gasteiger partial charge in [0.2, 0.25) is 5.95 Å². The van der Waals surface area contributed by atoms with Crippen LogP contribution in [0.2, 0.25) is 0 Å². The van der Waals surface area contributed by atoms with Gasteiger partial charge in [-0.05, 0) is 30.3 Å². The van der Waals surface area contributed by atoms with E-state index in [2.05, 4.69) is 11.1 Å². The van der Waals surface area contributed by atoms with Gasteiger partial charge in [-0.25, -0.2) is 4.98 Å². The van der Waals surface area contributed by atoms with Gasteiger partial charge in [0, 0.05) is 43.2 Å². The number of hydrogen-bond acceptors (Lipinski definition) is 7. The summed E-state index contributed by atoms with van der Waals surface area (Å²) < 4.78 is 13.0. The maximum Gasteiger partial charge on any atom is 0.255 e. The van der Waals surface area contributed by atoms with E-state index in [1.807, 2.05) is 17.0 Å². The van der Waals surface area contributed by atoms with Gasteiger partial charge in [0.15, 0.2) is 0 Å². The summed E-state index contributed by atoms with van der Waals surface area (Å²) in [5, 5.41) is 9.27. The fourth-order valence-electron chi connectivity index (χ4n) is 3.56. The number of ether oxygens (including phenoxy) is 2. The zero-order valence-corrected chi connectivity index (χ0v) is 16.8. The smallest absolute Gasteiger partial charge is 0.255 e. The molecule has 1 fully saturated rings. The van der Waals surface area contributed by atoms with Crippen LogP contribution in [0.25, 0.3) is 11.3 Å². The Kier molecular flexibility index (Phi) is 5.46. The summed E-state index contributed by atoms with van der Waals surface area (Å²) in [6.07, 6.45) is 3.03. The number of rotatable bonds is 4. The highest BCUT2D eigenvalue weighted by molar-refractivity contribution is 5.59. The first-order valence-electron chi connectivity index (χ1n) is 9.53. The van der Waals surface area contributed by atoms with E-state index in [9.17, 15) is 10.1 Å². The Morgan fingerprint density at radius 3 is 2.77 bits per heavy atom. The number of hydrogen-bond donors (Lipinski definition) is 0. The Morgan fingerprint density at radius 2 is 2.03 bits per heavy atom. The molecule has 152 valence electrons. The highest BCUT2D eigenvalue weighted by Gasteiger charge is 2.27. The van der Waals surface area contributed by atoms with E-state index in [4.69, 9.17) is 14.5 Å². The fraction of sp³-hybridized carbons (Fsp3) is 0.273. The van der Waals surface area contributed by atoms with Gasteiger partial charge in [0.25, 0.3) is 5.56 Å². The van der Waals surface area contributed by atoms with E-state index in [1.165, 1.54) is 10.6 Å². The lowest BCUT2D eigenvalue weighted by atomic mass is 10.0. The minimum atomic E-state index is -0.316. The monoisotopic (exact) mass is 403 g/mol. The third-order valence-corrected chi connectivity index (χ3v) is 5.14. The molecule has 1 aliphatic heterocycles. The SMILES string of the molecule is COc1ccc(C#N)cc1[C@H]1CN(c2nc(-c3ccncc3)cc(=O)n2C)CCO1. The molecule has 0 aliphatic carbocycles. The quantitative estimate of drug-likeness (QED) is 0.660. The predicted molar refractivity (Wildman–Crippen MR) is 111 cm³/mol. The van der Waals surface area contributed by atoms with Crippen LogP contribution in [0.1, 0.15) is 17.2 Å². The lowest BCUT2D eigenvalue weighted by Gasteiger charge is -2.35. The molecule has 1 atom stereocenters. The average molecular weight is 403 g/mol. The molecule has 2 aromatic heterocycles. The molecule has 0 saturated carbocycles. The van der Waals surface area contributed by atoms with Crippen LogP contribution in [0.3, 0.4) is 0 Å². The van der Waals surface area contributed by atoms with Crippen LogP contribution < -0.4 is 15.2 Å². The Balaban J connectivity index is 1.70.